The van der Waals surface area contributed by atoms with Gasteiger partial charge in [0.25, 0.3) is 0 Å². The summed E-state index contributed by atoms with van der Waals surface area (Å²) in [6.45, 7) is 16.0. The summed E-state index contributed by atoms with van der Waals surface area (Å²) in [5.74, 6) is 5.45. The van der Waals surface area contributed by atoms with Crippen LogP contribution in [0.5, 0.6) is 0 Å². The van der Waals surface area contributed by atoms with Crippen LogP contribution in [0, 0.1) is 58.2 Å². The van der Waals surface area contributed by atoms with Gasteiger partial charge in [0.15, 0.2) is 0 Å². The highest BCUT2D eigenvalue weighted by atomic mass is 16.5. The highest BCUT2D eigenvalue weighted by Crippen LogP contribution is 2.67. The van der Waals surface area contributed by atoms with Gasteiger partial charge in [-0.1, -0.05) is 54.4 Å². The second-order valence-electron chi connectivity index (χ2n) is 13.6. The normalized spacial score (nSPS) is 44.5. The van der Waals surface area contributed by atoms with E-state index in [9.17, 15) is 9.59 Å². The van der Waals surface area contributed by atoms with E-state index in [-0.39, 0.29) is 28.8 Å². The molecule has 0 amide bonds. The van der Waals surface area contributed by atoms with Crippen LogP contribution in [0.25, 0.3) is 0 Å². The molecule has 0 saturated heterocycles. The molecule has 4 aliphatic carbocycles. The molecule has 4 aliphatic rings. The number of carbonyl (C=O) groups excluding carboxylic acids is 2. The van der Waals surface area contributed by atoms with Crippen molar-refractivity contribution in [1.82, 2.24) is 0 Å². The Labute approximate surface area is 203 Å². The van der Waals surface area contributed by atoms with Gasteiger partial charge in [-0.05, 0) is 97.2 Å². The molecule has 0 N–H and O–H groups in total. The maximum Gasteiger partial charge on any atom is 0.302 e. The summed E-state index contributed by atoms with van der Waals surface area (Å²) < 4.78 is 5.60. The number of rotatable bonds is 6. The zero-order chi connectivity index (χ0) is 24.1. The van der Waals surface area contributed by atoms with Crippen LogP contribution in [0.15, 0.2) is 0 Å². The van der Waals surface area contributed by atoms with Gasteiger partial charge in [-0.2, -0.15) is 0 Å². The van der Waals surface area contributed by atoms with Gasteiger partial charge in [-0.15, -0.1) is 0 Å². The number of hydrogen-bond donors (Lipinski definition) is 0. The third-order valence-electron chi connectivity index (χ3n) is 11.6. The van der Waals surface area contributed by atoms with Gasteiger partial charge in [-0.25, -0.2) is 0 Å². The van der Waals surface area contributed by atoms with Crippen molar-refractivity contribution in [3.63, 3.8) is 0 Å². The van der Waals surface area contributed by atoms with Gasteiger partial charge >= 0.3 is 5.97 Å². The Balaban J connectivity index is 1.49. The van der Waals surface area contributed by atoms with Gasteiger partial charge in [0.1, 0.15) is 11.9 Å². The van der Waals surface area contributed by atoms with E-state index in [0.29, 0.717) is 23.5 Å². The van der Waals surface area contributed by atoms with Crippen molar-refractivity contribution in [2.45, 2.75) is 119 Å². The lowest BCUT2D eigenvalue weighted by molar-refractivity contribution is -0.169. The van der Waals surface area contributed by atoms with Crippen LogP contribution in [0.1, 0.15) is 113 Å². The molecule has 4 saturated carbocycles. The second-order valence-corrected chi connectivity index (χ2v) is 13.6. The Hall–Kier alpha value is -0.860. The van der Waals surface area contributed by atoms with Gasteiger partial charge in [0.05, 0.1) is 0 Å². The molecule has 0 aromatic carbocycles. The van der Waals surface area contributed by atoms with E-state index in [1.807, 2.05) is 0 Å². The largest absolute Gasteiger partial charge is 0.463 e. The lowest BCUT2D eigenvalue weighted by atomic mass is 9.44. The summed E-state index contributed by atoms with van der Waals surface area (Å²) in [4.78, 5) is 25.5. The van der Waals surface area contributed by atoms with Crippen molar-refractivity contribution in [2.75, 3.05) is 0 Å². The first kappa shape index (κ1) is 25.2. The molecule has 188 valence electrons. The van der Waals surface area contributed by atoms with Crippen molar-refractivity contribution >= 4 is 11.8 Å². The Kier molecular flexibility index (Phi) is 7.12. The maximum atomic E-state index is 13.9. The fraction of sp³-hybridized carbons (Fsp3) is 0.933. The molecule has 10 atom stereocenters. The molecule has 3 nitrogen and oxygen atoms in total. The summed E-state index contributed by atoms with van der Waals surface area (Å²) in [7, 11) is 0. The molecule has 0 bridgehead atoms. The third-order valence-corrected chi connectivity index (χ3v) is 11.6. The van der Waals surface area contributed by atoms with E-state index >= 15 is 0 Å². The van der Waals surface area contributed by atoms with E-state index < -0.39 is 0 Å². The topological polar surface area (TPSA) is 43.4 Å². The van der Waals surface area contributed by atoms with E-state index in [2.05, 4.69) is 41.5 Å². The van der Waals surface area contributed by atoms with Crippen LogP contribution >= 0.6 is 0 Å². The van der Waals surface area contributed by atoms with Crippen LogP contribution in [0.4, 0.5) is 0 Å². The fourth-order valence-corrected chi connectivity index (χ4v) is 9.41. The van der Waals surface area contributed by atoms with Crippen LogP contribution in [-0.4, -0.2) is 17.9 Å². The number of ether oxygens (including phenoxy) is 1. The van der Waals surface area contributed by atoms with Crippen LogP contribution < -0.4 is 0 Å². The Morgan fingerprint density at radius 1 is 1.00 bits per heavy atom. The summed E-state index contributed by atoms with van der Waals surface area (Å²) in [6.07, 6.45) is 11.5. The predicted octanol–water partition coefficient (Wildman–Crippen LogP) is 7.46. The van der Waals surface area contributed by atoms with Crippen molar-refractivity contribution in [2.24, 2.45) is 58.2 Å². The van der Waals surface area contributed by atoms with Crippen molar-refractivity contribution in [3.8, 4) is 0 Å². The van der Waals surface area contributed by atoms with E-state index in [1.54, 1.807) is 0 Å². The number of fused-ring (bicyclic) bond motifs is 5. The molecule has 0 unspecified atom stereocenters. The first-order chi connectivity index (χ1) is 15.5. The minimum absolute atomic E-state index is 0.0611. The number of carbonyl (C=O) groups is 2. The Morgan fingerprint density at radius 3 is 2.39 bits per heavy atom. The first-order valence-electron chi connectivity index (χ1n) is 14.2. The minimum atomic E-state index is -0.157. The zero-order valence-electron chi connectivity index (χ0n) is 22.5. The summed E-state index contributed by atoms with van der Waals surface area (Å²) in [5.41, 5.74) is 0.311. The molecule has 0 aromatic heterocycles. The van der Waals surface area contributed by atoms with Gasteiger partial charge in [-0.3, -0.25) is 9.59 Å². The summed E-state index contributed by atoms with van der Waals surface area (Å²) >= 11 is 0. The number of ketones is 1. The first-order valence-corrected chi connectivity index (χ1v) is 14.2. The molecule has 33 heavy (non-hydrogen) atoms. The molecular weight excluding hydrogens is 408 g/mol. The van der Waals surface area contributed by atoms with Crippen molar-refractivity contribution in [1.29, 1.82) is 0 Å². The Morgan fingerprint density at radius 2 is 1.73 bits per heavy atom. The molecule has 0 aliphatic heterocycles. The lowest BCUT2D eigenvalue weighted by Gasteiger charge is -2.60. The van der Waals surface area contributed by atoms with Crippen LogP contribution in [0.2, 0.25) is 0 Å². The Bertz CT molecular complexity index is 743. The zero-order valence-corrected chi connectivity index (χ0v) is 22.5. The quantitative estimate of drug-likeness (QED) is 0.388. The van der Waals surface area contributed by atoms with E-state index in [0.717, 1.165) is 49.4 Å². The van der Waals surface area contributed by atoms with Gasteiger partial charge in [0, 0.05) is 19.3 Å². The molecule has 4 fully saturated rings. The monoisotopic (exact) mass is 458 g/mol. The average molecular weight is 459 g/mol. The van der Waals surface area contributed by atoms with Crippen LogP contribution in [-0.2, 0) is 14.3 Å². The highest BCUT2D eigenvalue weighted by molar-refractivity contribution is 5.84. The minimum Gasteiger partial charge on any atom is -0.463 e. The number of Topliss-reactive ketones (excluding diaryl/α,β-unsaturated/α-hetero) is 1. The van der Waals surface area contributed by atoms with Gasteiger partial charge in [0.2, 0.25) is 0 Å². The smallest absolute Gasteiger partial charge is 0.302 e. The molecular formula is C30H50O3. The molecule has 4 rings (SSSR count). The number of hydrogen-bond acceptors (Lipinski definition) is 3. The molecule has 3 heteroatoms. The molecule has 0 heterocycles. The van der Waals surface area contributed by atoms with Crippen molar-refractivity contribution < 1.29 is 14.3 Å². The molecule has 0 radical (unpaired) electrons. The predicted molar refractivity (Wildman–Crippen MR) is 134 cm³/mol. The second kappa shape index (κ2) is 9.30. The maximum absolute atomic E-state index is 13.9. The standard InChI is InChI=1S/C30H50O3/c1-18(2)19(3)8-9-20(4)25-12-13-26-24-11-10-22-16-23(33-21(5)31)14-15-29(22,6)28(24)27(32)17-30(25,26)7/h18-20,22-26,28H,8-17H2,1-7H3/t19-,20+,22-,23+,24+,25-,26+,28-,29-,30-/m0/s1. The third kappa shape index (κ3) is 4.44. The summed E-state index contributed by atoms with van der Waals surface area (Å²) in [5, 5.41) is 0. The SMILES string of the molecule is CC(=O)O[C@@H]1CC[C@@]2(C)[C@@H](CC[C@@H]3[C@H]4CC[C@@H]([C@H](C)CC[C@H](C)C(C)C)[C@]4(C)CC(=O)[C@H]32)C1. The van der Waals surface area contributed by atoms with Crippen molar-refractivity contribution in [3.05, 3.63) is 0 Å². The fourth-order valence-electron chi connectivity index (χ4n) is 9.41. The number of esters is 1. The van der Waals surface area contributed by atoms with Crippen LogP contribution in [0.3, 0.4) is 0 Å². The lowest BCUT2D eigenvalue weighted by Crippen LogP contribution is -2.58. The van der Waals surface area contributed by atoms with Gasteiger partial charge < -0.3 is 4.74 Å². The van der Waals surface area contributed by atoms with E-state index in [1.165, 1.54) is 45.4 Å². The molecule has 0 aromatic rings. The summed E-state index contributed by atoms with van der Waals surface area (Å²) in [6, 6.07) is 0. The average Bonchev–Trinajstić information content (AvgIpc) is 3.07. The molecule has 0 spiro atoms. The van der Waals surface area contributed by atoms with E-state index in [4.69, 9.17) is 4.74 Å². The highest BCUT2D eigenvalue weighted by Gasteiger charge is 2.63.